The minimum Gasteiger partial charge on any atom is -0.321 e. The molecule has 19 heavy (non-hydrogen) atoms. The lowest BCUT2D eigenvalue weighted by Gasteiger charge is -2.27. The Balaban J connectivity index is 2.36. The van der Waals surface area contributed by atoms with E-state index in [-0.39, 0.29) is 5.82 Å². The Kier molecular flexibility index (Phi) is 4.07. The first-order valence-corrected chi connectivity index (χ1v) is 6.98. The Hall–Kier alpha value is -1.19. The highest BCUT2D eigenvalue weighted by Gasteiger charge is 2.24. The number of nitrogens with two attached hydrogens (primary N) is 1. The van der Waals surface area contributed by atoms with Crippen LogP contribution in [0.25, 0.3) is 0 Å². The lowest BCUT2D eigenvalue weighted by atomic mass is 9.84. The fraction of sp³-hybridized carbons (Fsp3) is 0.250. The highest BCUT2D eigenvalue weighted by Crippen LogP contribution is 2.29. The van der Waals surface area contributed by atoms with Crippen LogP contribution in [0.15, 0.2) is 46.9 Å². The largest absolute Gasteiger partial charge is 0.321 e. The summed E-state index contributed by atoms with van der Waals surface area (Å²) in [5.41, 5.74) is 9.04. The van der Waals surface area contributed by atoms with Crippen molar-refractivity contribution in [3.8, 4) is 0 Å². The van der Waals surface area contributed by atoms with Crippen molar-refractivity contribution in [1.29, 1.82) is 0 Å². The van der Waals surface area contributed by atoms with E-state index in [9.17, 15) is 4.39 Å². The van der Waals surface area contributed by atoms with Gasteiger partial charge in [0.05, 0.1) is 0 Å². The molecule has 0 heterocycles. The van der Waals surface area contributed by atoms with Crippen LogP contribution in [0.1, 0.15) is 23.6 Å². The third kappa shape index (κ3) is 3.23. The van der Waals surface area contributed by atoms with Gasteiger partial charge in [0.25, 0.3) is 0 Å². The van der Waals surface area contributed by atoms with E-state index in [4.69, 9.17) is 5.73 Å². The van der Waals surface area contributed by atoms with E-state index < -0.39 is 5.54 Å². The van der Waals surface area contributed by atoms with E-state index in [1.165, 1.54) is 12.1 Å². The van der Waals surface area contributed by atoms with Gasteiger partial charge < -0.3 is 5.73 Å². The maximum absolute atomic E-state index is 13.3. The highest BCUT2D eigenvalue weighted by atomic mass is 79.9. The Morgan fingerprint density at radius 1 is 1.21 bits per heavy atom. The molecular weight excluding hydrogens is 305 g/mol. The van der Waals surface area contributed by atoms with Crippen LogP contribution in [0.3, 0.4) is 0 Å². The molecule has 0 aromatic heterocycles. The zero-order chi connectivity index (χ0) is 14.0. The number of rotatable bonds is 3. The first-order chi connectivity index (χ1) is 8.90. The van der Waals surface area contributed by atoms with Crippen molar-refractivity contribution in [1.82, 2.24) is 0 Å². The van der Waals surface area contributed by atoms with E-state index in [0.717, 1.165) is 21.2 Å². The molecule has 2 aromatic rings. The molecule has 0 saturated heterocycles. The smallest absolute Gasteiger partial charge is 0.123 e. The summed E-state index contributed by atoms with van der Waals surface area (Å²) in [4.78, 5) is 0. The van der Waals surface area contributed by atoms with Crippen LogP contribution in [0.2, 0.25) is 0 Å². The summed E-state index contributed by atoms with van der Waals surface area (Å²) in [6.45, 7) is 4.02. The van der Waals surface area contributed by atoms with Crippen molar-refractivity contribution >= 4 is 15.9 Å². The third-order valence-corrected chi connectivity index (χ3v) is 4.10. The Morgan fingerprint density at radius 3 is 2.58 bits per heavy atom. The van der Waals surface area contributed by atoms with Crippen LogP contribution in [-0.2, 0) is 12.0 Å². The maximum atomic E-state index is 13.3. The lowest BCUT2D eigenvalue weighted by molar-refractivity contribution is 0.486. The van der Waals surface area contributed by atoms with E-state index in [1.807, 2.05) is 38.1 Å². The molecule has 0 spiro atoms. The van der Waals surface area contributed by atoms with Gasteiger partial charge in [-0.1, -0.05) is 40.2 Å². The van der Waals surface area contributed by atoms with Gasteiger partial charge in [-0.3, -0.25) is 0 Å². The van der Waals surface area contributed by atoms with Crippen molar-refractivity contribution in [2.45, 2.75) is 25.8 Å². The Morgan fingerprint density at radius 2 is 1.89 bits per heavy atom. The van der Waals surface area contributed by atoms with E-state index in [2.05, 4.69) is 15.9 Å². The lowest BCUT2D eigenvalue weighted by Crippen LogP contribution is -2.36. The van der Waals surface area contributed by atoms with Crippen molar-refractivity contribution in [3.05, 3.63) is 69.4 Å². The molecule has 0 aliphatic rings. The van der Waals surface area contributed by atoms with Crippen LogP contribution >= 0.6 is 15.9 Å². The first-order valence-electron chi connectivity index (χ1n) is 6.19. The molecule has 2 rings (SSSR count). The standard InChI is InChI=1S/C16H17BrFN/c1-11-5-3-4-6-14(11)16(2,19)10-12-9-13(18)7-8-15(12)17/h3-9H,10,19H2,1-2H3. The molecule has 0 aliphatic carbocycles. The molecule has 0 fully saturated rings. The molecule has 1 atom stereocenters. The van der Waals surface area contributed by atoms with Gasteiger partial charge in [0.2, 0.25) is 0 Å². The molecule has 1 nitrogen and oxygen atoms in total. The summed E-state index contributed by atoms with van der Waals surface area (Å²) < 4.78 is 14.2. The second kappa shape index (κ2) is 5.43. The van der Waals surface area contributed by atoms with E-state index in [0.29, 0.717) is 6.42 Å². The molecule has 100 valence electrons. The average molecular weight is 322 g/mol. The predicted octanol–water partition coefficient (Wildman–Crippen LogP) is 4.31. The molecular formula is C16H17BrFN. The SMILES string of the molecule is Cc1ccccc1C(C)(N)Cc1cc(F)ccc1Br. The molecule has 0 radical (unpaired) electrons. The van der Waals surface area contributed by atoms with Crippen LogP contribution in [-0.4, -0.2) is 0 Å². The van der Waals surface area contributed by atoms with Gasteiger partial charge in [0, 0.05) is 10.0 Å². The summed E-state index contributed by atoms with van der Waals surface area (Å²) >= 11 is 3.45. The summed E-state index contributed by atoms with van der Waals surface area (Å²) in [5.74, 6) is -0.237. The van der Waals surface area contributed by atoms with Crippen LogP contribution in [0.5, 0.6) is 0 Å². The summed E-state index contributed by atoms with van der Waals surface area (Å²) in [6, 6.07) is 12.7. The van der Waals surface area contributed by atoms with Gasteiger partial charge >= 0.3 is 0 Å². The minimum absolute atomic E-state index is 0.237. The van der Waals surface area contributed by atoms with Crippen molar-refractivity contribution in [2.75, 3.05) is 0 Å². The molecule has 0 bridgehead atoms. The molecule has 0 saturated carbocycles. The van der Waals surface area contributed by atoms with Crippen LogP contribution in [0.4, 0.5) is 4.39 Å². The number of benzene rings is 2. The van der Waals surface area contributed by atoms with E-state index in [1.54, 1.807) is 6.07 Å². The van der Waals surface area contributed by atoms with Crippen molar-refractivity contribution < 1.29 is 4.39 Å². The highest BCUT2D eigenvalue weighted by molar-refractivity contribution is 9.10. The molecule has 2 aromatic carbocycles. The number of hydrogen-bond donors (Lipinski definition) is 1. The van der Waals surface area contributed by atoms with Gasteiger partial charge in [-0.15, -0.1) is 0 Å². The quantitative estimate of drug-likeness (QED) is 0.895. The van der Waals surface area contributed by atoms with Crippen molar-refractivity contribution in [3.63, 3.8) is 0 Å². The topological polar surface area (TPSA) is 26.0 Å². The normalized spacial score (nSPS) is 14.2. The summed E-state index contributed by atoms with van der Waals surface area (Å²) in [5, 5.41) is 0. The fourth-order valence-electron chi connectivity index (χ4n) is 2.38. The van der Waals surface area contributed by atoms with Crippen LogP contribution < -0.4 is 5.73 Å². The minimum atomic E-state index is -0.526. The summed E-state index contributed by atoms with van der Waals surface area (Å²) in [7, 11) is 0. The second-order valence-electron chi connectivity index (χ2n) is 5.14. The van der Waals surface area contributed by atoms with Crippen LogP contribution in [0, 0.1) is 12.7 Å². The molecule has 1 unspecified atom stereocenters. The summed E-state index contributed by atoms with van der Waals surface area (Å²) in [6.07, 6.45) is 0.580. The maximum Gasteiger partial charge on any atom is 0.123 e. The second-order valence-corrected chi connectivity index (χ2v) is 6.00. The van der Waals surface area contributed by atoms with Gasteiger partial charge in [-0.2, -0.15) is 0 Å². The van der Waals surface area contributed by atoms with Gasteiger partial charge in [0.1, 0.15) is 5.82 Å². The molecule has 0 amide bonds. The van der Waals surface area contributed by atoms with Gasteiger partial charge in [0.15, 0.2) is 0 Å². The Labute approximate surface area is 121 Å². The molecule has 3 heteroatoms. The molecule has 0 aliphatic heterocycles. The Bertz CT molecular complexity index is 593. The van der Waals surface area contributed by atoms with Gasteiger partial charge in [-0.25, -0.2) is 4.39 Å². The zero-order valence-corrected chi connectivity index (χ0v) is 12.7. The number of aryl methyl sites for hydroxylation is 1. The predicted molar refractivity (Wildman–Crippen MR) is 80.5 cm³/mol. The zero-order valence-electron chi connectivity index (χ0n) is 11.1. The number of hydrogen-bond acceptors (Lipinski definition) is 1. The van der Waals surface area contributed by atoms with E-state index >= 15 is 0 Å². The fourth-order valence-corrected chi connectivity index (χ4v) is 2.77. The van der Waals surface area contributed by atoms with Gasteiger partial charge in [-0.05, 0) is 55.2 Å². The first kappa shape index (κ1) is 14.2. The monoisotopic (exact) mass is 321 g/mol. The number of halogens is 2. The average Bonchev–Trinajstić information content (AvgIpc) is 2.34. The molecule has 2 N–H and O–H groups in total. The third-order valence-electron chi connectivity index (χ3n) is 3.33. The van der Waals surface area contributed by atoms with Crippen molar-refractivity contribution in [2.24, 2.45) is 5.73 Å².